The van der Waals surface area contributed by atoms with E-state index in [1.54, 1.807) is 12.1 Å². The van der Waals surface area contributed by atoms with Crippen molar-refractivity contribution in [3.05, 3.63) is 29.8 Å². The molecule has 3 nitrogen and oxygen atoms in total. The molecule has 1 unspecified atom stereocenters. The van der Waals surface area contributed by atoms with E-state index in [0.29, 0.717) is 16.9 Å². The van der Waals surface area contributed by atoms with Crippen LogP contribution in [0.2, 0.25) is 0 Å². The van der Waals surface area contributed by atoms with Crippen LogP contribution in [-0.2, 0) is 9.84 Å². The van der Waals surface area contributed by atoms with Crippen molar-refractivity contribution in [2.45, 2.75) is 43.5 Å². The van der Waals surface area contributed by atoms with Gasteiger partial charge in [-0.05, 0) is 49.4 Å². The fourth-order valence-electron chi connectivity index (χ4n) is 3.22. The van der Waals surface area contributed by atoms with E-state index in [1.165, 1.54) is 37.5 Å². The van der Waals surface area contributed by atoms with Crippen molar-refractivity contribution in [3.63, 3.8) is 0 Å². The highest BCUT2D eigenvalue weighted by Gasteiger charge is 2.26. The number of hydrogen-bond donors (Lipinski definition) is 1. The zero-order valence-corrected chi connectivity index (χ0v) is 13.4. The molecule has 0 aliphatic heterocycles. The maximum absolute atomic E-state index is 11.5. The highest BCUT2D eigenvalue weighted by molar-refractivity contribution is 7.90. The molecule has 112 valence electrons. The molecule has 1 fully saturated rings. The van der Waals surface area contributed by atoms with Crippen molar-refractivity contribution in [2.24, 2.45) is 11.8 Å². The minimum Gasteiger partial charge on any atom is -0.313 e. The summed E-state index contributed by atoms with van der Waals surface area (Å²) in [7, 11) is -1.11. The van der Waals surface area contributed by atoms with Gasteiger partial charge in [-0.1, -0.05) is 31.9 Å². The predicted octanol–water partition coefficient (Wildman–Crippen LogP) is 3.18. The Balaban J connectivity index is 2.15. The predicted molar refractivity (Wildman–Crippen MR) is 82.5 cm³/mol. The molecule has 0 aromatic heterocycles. The van der Waals surface area contributed by atoms with Gasteiger partial charge in [0.15, 0.2) is 9.84 Å². The molecule has 1 aromatic carbocycles. The molecule has 4 heteroatoms. The van der Waals surface area contributed by atoms with Crippen LogP contribution in [0.25, 0.3) is 0 Å². The quantitative estimate of drug-likeness (QED) is 0.928. The molecule has 1 N–H and O–H groups in total. The van der Waals surface area contributed by atoms with Gasteiger partial charge in [0.2, 0.25) is 0 Å². The van der Waals surface area contributed by atoms with Crippen molar-refractivity contribution in [2.75, 3.05) is 13.3 Å². The van der Waals surface area contributed by atoms with Gasteiger partial charge < -0.3 is 5.32 Å². The fourth-order valence-corrected chi connectivity index (χ4v) is 3.85. The zero-order chi connectivity index (χ0) is 14.8. The summed E-state index contributed by atoms with van der Waals surface area (Å²) in [5.41, 5.74) is 1.19. The summed E-state index contributed by atoms with van der Waals surface area (Å²) >= 11 is 0. The van der Waals surface area contributed by atoms with Crippen LogP contribution in [0.3, 0.4) is 0 Å². The van der Waals surface area contributed by atoms with E-state index in [1.807, 2.05) is 19.2 Å². The average molecular weight is 295 g/mol. The summed E-state index contributed by atoms with van der Waals surface area (Å²) < 4.78 is 23.0. The van der Waals surface area contributed by atoms with Crippen LogP contribution in [0, 0.1) is 11.8 Å². The van der Waals surface area contributed by atoms with Gasteiger partial charge >= 0.3 is 0 Å². The maximum Gasteiger partial charge on any atom is 0.175 e. The van der Waals surface area contributed by atoms with E-state index in [4.69, 9.17) is 0 Å². The lowest BCUT2D eigenvalue weighted by Crippen LogP contribution is -2.28. The summed E-state index contributed by atoms with van der Waals surface area (Å²) in [5.74, 6) is 1.50. The molecular formula is C16H25NO2S. The van der Waals surface area contributed by atoms with E-state index in [2.05, 4.69) is 12.2 Å². The van der Waals surface area contributed by atoms with Gasteiger partial charge in [-0.25, -0.2) is 8.42 Å². The Bertz CT molecular complexity index is 528. The monoisotopic (exact) mass is 295 g/mol. The standard InChI is InChI=1S/C16H25NO2S/c1-12-4-6-13(7-5-12)16(17-2)14-8-10-15(11-9-14)20(3,18)19/h8-13,16-17H,4-7H2,1-3H3. The van der Waals surface area contributed by atoms with E-state index < -0.39 is 9.84 Å². The lowest BCUT2D eigenvalue weighted by atomic mass is 9.77. The van der Waals surface area contributed by atoms with Gasteiger partial charge in [-0.3, -0.25) is 0 Å². The normalized spacial score (nSPS) is 25.4. The molecule has 1 aromatic rings. The minimum absolute atomic E-state index is 0.330. The minimum atomic E-state index is -3.10. The van der Waals surface area contributed by atoms with E-state index in [0.717, 1.165) is 5.92 Å². The molecule has 1 saturated carbocycles. The third-order valence-electron chi connectivity index (χ3n) is 4.51. The van der Waals surface area contributed by atoms with E-state index in [9.17, 15) is 8.42 Å². The Morgan fingerprint density at radius 1 is 1.10 bits per heavy atom. The smallest absolute Gasteiger partial charge is 0.175 e. The number of hydrogen-bond acceptors (Lipinski definition) is 3. The Morgan fingerprint density at radius 2 is 1.65 bits per heavy atom. The van der Waals surface area contributed by atoms with Crippen LogP contribution in [0.15, 0.2) is 29.2 Å². The number of sulfone groups is 1. The first-order valence-electron chi connectivity index (χ1n) is 7.39. The van der Waals surface area contributed by atoms with Gasteiger partial charge in [0.25, 0.3) is 0 Å². The lowest BCUT2D eigenvalue weighted by Gasteiger charge is -2.33. The zero-order valence-electron chi connectivity index (χ0n) is 12.6. The van der Waals surface area contributed by atoms with Gasteiger partial charge in [0.05, 0.1) is 4.90 Å². The number of benzene rings is 1. The number of nitrogens with one attached hydrogen (secondary N) is 1. The average Bonchev–Trinajstić information content (AvgIpc) is 2.41. The molecule has 0 spiro atoms. The maximum atomic E-state index is 11.5. The molecule has 1 aliphatic carbocycles. The molecule has 2 rings (SSSR count). The van der Waals surface area contributed by atoms with Crippen LogP contribution in [0.5, 0.6) is 0 Å². The van der Waals surface area contributed by atoms with Crippen LogP contribution in [0.4, 0.5) is 0 Å². The fraction of sp³-hybridized carbons (Fsp3) is 0.625. The largest absolute Gasteiger partial charge is 0.313 e. The first kappa shape index (κ1) is 15.5. The summed E-state index contributed by atoms with van der Waals surface area (Å²) in [6, 6.07) is 7.68. The van der Waals surface area contributed by atoms with Crippen LogP contribution >= 0.6 is 0 Å². The molecule has 0 saturated heterocycles. The second kappa shape index (κ2) is 6.27. The Hall–Kier alpha value is -0.870. The van der Waals surface area contributed by atoms with E-state index >= 15 is 0 Å². The second-order valence-electron chi connectivity index (χ2n) is 6.13. The lowest BCUT2D eigenvalue weighted by molar-refractivity contribution is 0.238. The van der Waals surface area contributed by atoms with Crippen LogP contribution in [0.1, 0.15) is 44.2 Å². The molecule has 0 amide bonds. The third-order valence-corrected chi connectivity index (χ3v) is 5.64. The molecule has 0 radical (unpaired) electrons. The first-order chi connectivity index (χ1) is 9.41. The summed E-state index contributed by atoms with van der Waals surface area (Å²) in [4.78, 5) is 0.397. The molecule has 20 heavy (non-hydrogen) atoms. The highest BCUT2D eigenvalue weighted by atomic mass is 32.2. The number of rotatable bonds is 4. The first-order valence-corrected chi connectivity index (χ1v) is 9.28. The highest BCUT2D eigenvalue weighted by Crippen LogP contribution is 2.36. The van der Waals surface area contributed by atoms with Crippen molar-refractivity contribution >= 4 is 9.84 Å². The SMILES string of the molecule is CNC(c1ccc(S(C)(=O)=O)cc1)C1CCC(C)CC1. The Kier molecular flexibility index (Phi) is 4.86. The summed E-state index contributed by atoms with van der Waals surface area (Å²) in [6.45, 7) is 2.32. The van der Waals surface area contributed by atoms with Crippen molar-refractivity contribution in [1.82, 2.24) is 5.32 Å². The molecule has 1 aliphatic rings. The van der Waals surface area contributed by atoms with Crippen molar-refractivity contribution < 1.29 is 8.42 Å². The van der Waals surface area contributed by atoms with Gasteiger partial charge in [-0.15, -0.1) is 0 Å². The summed E-state index contributed by atoms with van der Waals surface area (Å²) in [6.07, 6.45) is 6.34. The third kappa shape index (κ3) is 3.61. The molecule has 0 bridgehead atoms. The Morgan fingerprint density at radius 3 is 2.10 bits per heavy atom. The second-order valence-corrected chi connectivity index (χ2v) is 8.14. The van der Waals surface area contributed by atoms with Gasteiger partial charge in [0, 0.05) is 12.3 Å². The summed E-state index contributed by atoms with van der Waals surface area (Å²) in [5, 5.41) is 3.41. The Labute approximate surface area is 122 Å². The van der Waals surface area contributed by atoms with Gasteiger partial charge in [0.1, 0.15) is 0 Å². The van der Waals surface area contributed by atoms with Crippen LogP contribution < -0.4 is 5.32 Å². The molecular weight excluding hydrogens is 270 g/mol. The molecule has 0 heterocycles. The van der Waals surface area contributed by atoms with Crippen LogP contribution in [-0.4, -0.2) is 21.7 Å². The topological polar surface area (TPSA) is 46.2 Å². The van der Waals surface area contributed by atoms with Gasteiger partial charge in [-0.2, -0.15) is 0 Å². The van der Waals surface area contributed by atoms with Crippen molar-refractivity contribution in [3.8, 4) is 0 Å². The van der Waals surface area contributed by atoms with Crippen molar-refractivity contribution in [1.29, 1.82) is 0 Å². The molecule has 1 atom stereocenters. The van der Waals surface area contributed by atoms with E-state index in [-0.39, 0.29) is 0 Å².